The second-order valence-electron chi connectivity index (χ2n) is 4.58. The number of halogens is 1. The lowest BCUT2D eigenvalue weighted by Crippen LogP contribution is -2.43. The molecule has 0 unspecified atom stereocenters. The Labute approximate surface area is 109 Å². The molecule has 1 aromatic carbocycles. The van der Waals surface area contributed by atoms with Gasteiger partial charge in [0, 0.05) is 5.56 Å². The van der Waals surface area contributed by atoms with E-state index in [0.29, 0.717) is 5.56 Å². The van der Waals surface area contributed by atoms with E-state index in [4.69, 9.17) is 5.73 Å². The van der Waals surface area contributed by atoms with Gasteiger partial charge in [-0.2, -0.15) is 4.68 Å². The van der Waals surface area contributed by atoms with Crippen LogP contribution in [0, 0.1) is 5.82 Å². The summed E-state index contributed by atoms with van der Waals surface area (Å²) in [5, 5.41) is 6.36. The van der Waals surface area contributed by atoms with Gasteiger partial charge >= 0.3 is 6.03 Å². The van der Waals surface area contributed by atoms with Crippen molar-refractivity contribution in [2.45, 2.75) is 19.4 Å². The zero-order valence-corrected chi connectivity index (χ0v) is 10.6. The van der Waals surface area contributed by atoms with Gasteiger partial charge < -0.3 is 11.1 Å². The van der Waals surface area contributed by atoms with Gasteiger partial charge in [0.2, 0.25) is 5.95 Å². The maximum atomic E-state index is 13.7. The van der Waals surface area contributed by atoms with E-state index in [1.807, 2.05) is 0 Å². The van der Waals surface area contributed by atoms with Crippen LogP contribution in [0.15, 0.2) is 30.6 Å². The van der Waals surface area contributed by atoms with Gasteiger partial charge in [-0.15, -0.1) is 5.10 Å². The van der Waals surface area contributed by atoms with Gasteiger partial charge in [0.1, 0.15) is 12.1 Å². The molecule has 19 heavy (non-hydrogen) atoms. The minimum absolute atomic E-state index is 0.00107. The first-order valence-corrected chi connectivity index (χ1v) is 5.65. The molecular weight excluding hydrogens is 249 g/mol. The number of benzene rings is 1. The Kier molecular flexibility index (Phi) is 3.20. The van der Waals surface area contributed by atoms with Crippen LogP contribution >= 0.6 is 0 Å². The maximum absolute atomic E-state index is 13.7. The Hall–Kier alpha value is -2.44. The highest BCUT2D eigenvalue weighted by Crippen LogP contribution is 2.22. The van der Waals surface area contributed by atoms with Crippen LogP contribution in [-0.2, 0) is 5.54 Å². The lowest BCUT2D eigenvalue weighted by Gasteiger charge is -2.26. The molecular formula is C12H14FN5O. The molecule has 0 aliphatic heterocycles. The molecule has 0 aliphatic rings. The third-order valence-corrected chi connectivity index (χ3v) is 2.68. The summed E-state index contributed by atoms with van der Waals surface area (Å²) < 4.78 is 14.7. The predicted molar refractivity (Wildman–Crippen MR) is 67.8 cm³/mol. The van der Waals surface area contributed by atoms with Crippen molar-refractivity contribution in [2.75, 3.05) is 5.73 Å². The van der Waals surface area contributed by atoms with Gasteiger partial charge in [0.25, 0.3) is 0 Å². The van der Waals surface area contributed by atoms with Crippen LogP contribution < -0.4 is 11.1 Å². The number of nitrogen functional groups attached to an aromatic ring is 1. The monoisotopic (exact) mass is 263 g/mol. The molecule has 1 amide bonds. The van der Waals surface area contributed by atoms with Crippen molar-refractivity contribution >= 4 is 12.0 Å². The van der Waals surface area contributed by atoms with E-state index in [2.05, 4.69) is 15.4 Å². The Balaban J connectivity index is 2.22. The van der Waals surface area contributed by atoms with Crippen molar-refractivity contribution in [3.05, 3.63) is 42.0 Å². The quantitative estimate of drug-likeness (QED) is 0.859. The molecule has 2 aromatic rings. The number of nitrogens with two attached hydrogens (primary N) is 1. The van der Waals surface area contributed by atoms with E-state index >= 15 is 0 Å². The molecule has 100 valence electrons. The van der Waals surface area contributed by atoms with E-state index < -0.39 is 11.6 Å². The summed E-state index contributed by atoms with van der Waals surface area (Å²) in [7, 11) is 0. The Morgan fingerprint density at radius 1 is 1.42 bits per heavy atom. The molecule has 1 aromatic heterocycles. The summed E-state index contributed by atoms with van der Waals surface area (Å²) >= 11 is 0. The van der Waals surface area contributed by atoms with Crippen LogP contribution in [0.25, 0.3) is 0 Å². The number of hydrogen-bond donors (Lipinski definition) is 2. The molecule has 0 saturated carbocycles. The molecule has 0 atom stereocenters. The number of anilines is 1. The van der Waals surface area contributed by atoms with E-state index in [1.165, 1.54) is 12.4 Å². The summed E-state index contributed by atoms with van der Waals surface area (Å²) in [5.74, 6) is -0.384. The van der Waals surface area contributed by atoms with E-state index in [-0.39, 0.29) is 11.8 Å². The zero-order chi connectivity index (χ0) is 14.0. The fraction of sp³-hybridized carbons (Fsp3) is 0.250. The smallest absolute Gasteiger partial charge is 0.344 e. The summed E-state index contributed by atoms with van der Waals surface area (Å²) in [5.41, 5.74) is 4.83. The normalized spacial score (nSPS) is 11.3. The third kappa shape index (κ3) is 2.70. The number of carbonyl (C=O) groups is 1. The highest BCUT2D eigenvalue weighted by molar-refractivity contribution is 5.76. The SMILES string of the molecule is CC(C)(NC(=O)n1cnc(N)n1)c1ccccc1F. The van der Waals surface area contributed by atoms with Gasteiger partial charge in [-0.3, -0.25) is 0 Å². The van der Waals surface area contributed by atoms with E-state index in [0.717, 1.165) is 4.68 Å². The number of carbonyl (C=O) groups excluding carboxylic acids is 1. The largest absolute Gasteiger partial charge is 0.366 e. The van der Waals surface area contributed by atoms with Crippen molar-refractivity contribution < 1.29 is 9.18 Å². The number of rotatable bonds is 2. The molecule has 2 rings (SSSR count). The molecule has 1 heterocycles. The zero-order valence-electron chi connectivity index (χ0n) is 10.6. The lowest BCUT2D eigenvalue weighted by atomic mass is 9.94. The topological polar surface area (TPSA) is 85.8 Å². The molecule has 0 bridgehead atoms. The molecule has 0 spiro atoms. The summed E-state index contributed by atoms with van der Waals surface area (Å²) in [4.78, 5) is 15.6. The summed E-state index contributed by atoms with van der Waals surface area (Å²) in [6.45, 7) is 3.40. The van der Waals surface area contributed by atoms with Gasteiger partial charge in [-0.25, -0.2) is 14.2 Å². The number of hydrogen-bond acceptors (Lipinski definition) is 4. The Morgan fingerprint density at radius 2 is 2.11 bits per heavy atom. The molecule has 7 heteroatoms. The molecule has 0 fully saturated rings. The molecule has 0 aliphatic carbocycles. The first-order chi connectivity index (χ1) is 8.90. The molecule has 6 nitrogen and oxygen atoms in total. The van der Waals surface area contributed by atoms with Crippen molar-refractivity contribution in [2.24, 2.45) is 0 Å². The highest BCUT2D eigenvalue weighted by atomic mass is 19.1. The minimum Gasteiger partial charge on any atom is -0.366 e. The van der Waals surface area contributed by atoms with E-state index in [9.17, 15) is 9.18 Å². The Morgan fingerprint density at radius 3 is 2.68 bits per heavy atom. The van der Waals surface area contributed by atoms with Crippen LogP contribution in [-0.4, -0.2) is 20.8 Å². The number of nitrogens with one attached hydrogen (secondary N) is 1. The third-order valence-electron chi connectivity index (χ3n) is 2.68. The van der Waals surface area contributed by atoms with Crippen LogP contribution in [0.1, 0.15) is 19.4 Å². The standard InChI is InChI=1S/C12H14FN5O/c1-12(2,8-5-3-4-6-9(8)13)16-11(19)18-7-15-10(14)17-18/h3-7H,1-2H3,(H2,14,17)(H,16,19). The maximum Gasteiger partial charge on any atom is 0.344 e. The number of amides is 1. The van der Waals surface area contributed by atoms with E-state index in [1.54, 1.807) is 32.0 Å². The van der Waals surface area contributed by atoms with Crippen molar-refractivity contribution in [3.63, 3.8) is 0 Å². The summed E-state index contributed by atoms with van der Waals surface area (Å²) in [6, 6.07) is 5.73. The average molecular weight is 263 g/mol. The summed E-state index contributed by atoms with van der Waals surface area (Å²) in [6.07, 6.45) is 1.20. The van der Waals surface area contributed by atoms with Crippen molar-refractivity contribution in [1.29, 1.82) is 0 Å². The number of nitrogens with zero attached hydrogens (tertiary/aromatic N) is 3. The van der Waals surface area contributed by atoms with Crippen LogP contribution in [0.5, 0.6) is 0 Å². The average Bonchev–Trinajstić information content (AvgIpc) is 2.76. The second kappa shape index (κ2) is 4.68. The molecule has 0 saturated heterocycles. The van der Waals surface area contributed by atoms with Gasteiger partial charge in [0.05, 0.1) is 5.54 Å². The number of aromatic nitrogens is 3. The van der Waals surface area contributed by atoms with Crippen LogP contribution in [0.4, 0.5) is 15.1 Å². The highest BCUT2D eigenvalue weighted by Gasteiger charge is 2.26. The fourth-order valence-corrected chi connectivity index (χ4v) is 1.73. The predicted octanol–water partition coefficient (Wildman–Crippen LogP) is 1.49. The van der Waals surface area contributed by atoms with Crippen molar-refractivity contribution in [1.82, 2.24) is 20.1 Å². The van der Waals surface area contributed by atoms with Crippen LogP contribution in [0.2, 0.25) is 0 Å². The Bertz CT molecular complexity index is 608. The minimum atomic E-state index is -0.886. The van der Waals surface area contributed by atoms with Crippen molar-refractivity contribution in [3.8, 4) is 0 Å². The second-order valence-corrected chi connectivity index (χ2v) is 4.58. The molecule has 3 N–H and O–H groups in total. The van der Waals surface area contributed by atoms with Gasteiger partial charge in [-0.1, -0.05) is 18.2 Å². The first-order valence-electron chi connectivity index (χ1n) is 5.65. The van der Waals surface area contributed by atoms with Gasteiger partial charge in [-0.05, 0) is 19.9 Å². The lowest BCUT2D eigenvalue weighted by molar-refractivity contribution is 0.228. The fourth-order valence-electron chi connectivity index (χ4n) is 1.73. The molecule has 0 radical (unpaired) electrons. The van der Waals surface area contributed by atoms with Crippen LogP contribution in [0.3, 0.4) is 0 Å². The first kappa shape index (κ1) is 13.0. The van der Waals surface area contributed by atoms with Gasteiger partial charge in [0.15, 0.2) is 0 Å².